The summed E-state index contributed by atoms with van der Waals surface area (Å²) in [5.74, 6) is -1.85. The molecule has 2 saturated carbocycles. The molecule has 1 aromatic rings. The number of rotatable bonds is 14. The summed E-state index contributed by atoms with van der Waals surface area (Å²) in [6.45, 7) is 6.14. The largest absolute Gasteiger partial charge is 0.353 e. The molecule has 0 radical (unpaired) electrons. The van der Waals surface area contributed by atoms with Crippen LogP contribution in [0, 0.1) is 11.8 Å². The van der Waals surface area contributed by atoms with Crippen LogP contribution in [0.25, 0.3) is 0 Å². The van der Waals surface area contributed by atoms with Crippen LogP contribution < -0.4 is 21.3 Å². The van der Waals surface area contributed by atoms with Gasteiger partial charge in [0.05, 0.1) is 6.20 Å². The van der Waals surface area contributed by atoms with E-state index in [0.717, 1.165) is 51.4 Å². The molecular formula is C32H49N7O5. The first-order chi connectivity index (χ1) is 21.2. The molecule has 44 heavy (non-hydrogen) atoms. The molecule has 242 valence electrons. The molecule has 4 rings (SSSR count). The molecule has 0 bridgehead atoms. The maximum Gasteiger partial charge on any atom is 0.272 e. The van der Waals surface area contributed by atoms with Gasteiger partial charge < -0.3 is 26.2 Å². The fraction of sp³-hybridized carbons (Fsp3) is 0.719. The number of nitrogens with zero attached hydrogens (tertiary/aromatic N) is 3. The fourth-order valence-electron chi connectivity index (χ4n) is 6.34. The number of carbonyl (C=O) groups is 5. The molecule has 1 saturated heterocycles. The quantitative estimate of drug-likeness (QED) is 0.251. The molecule has 5 amide bonds. The highest BCUT2D eigenvalue weighted by Gasteiger charge is 2.41. The Morgan fingerprint density at radius 1 is 0.932 bits per heavy atom. The van der Waals surface area contributed by atoms with E-state index in [0.29, 0.717) is 25.8 Å². The van der Waals surface area contributed by atoms with Gasteiger partial charge in [-0.15, -0.1) is 0 Å². The van der Waals surface area contributed by atoms with Gasteiger partial charge in [-0.25, -0.2) is 4.98 Å². The lowest BCUT2D eigenvalue weighted by Crippen LogP contribution is -2.59. The summed E-state index contributed by atoms with van der Waals surface area (Å²) in [5.41, 5.74) is 0.120. The van der Waals surface area contributed by atoms with Gasteiger partial charge >= 0.3 is 0 Å². The number of hydrogen-bond donors (Lipinski definition) is 4. The molecule has 4 N–H and O–H groups in total. The number of carbonyl (C=O) groups excluding carboxylic acids is 5. The van der Waals surface area contributed by atoms with E-state index >= 15 is 0 Å². The van der Waals surface area contributed by atoms with Crippen molar-refractivity contribution >= 4 is 29.5 Å². The van der Waals surface area contributed by atoms with Gasteiger partial charge in [-0.1, -0.05) is 46.5 Å². The van der Waals surface area contributed by atoms with Crippen molar-refractivity contribution in [3.63, 3.8) is 0 Å². The average Bonchev–Trinajstić information content (AvgIpc) is 3.68. The number of likely N-dealkylation sites (tertiary alicyclic amines) is 1. The van der Waals surface area contributed by atoms with E-state index in [1.165, 1.54) is 18.6 Å². The summed E-state index contributed by atoms with van der Waals surface area (Å²) in [7, 11) is 0. The Bertz CT molecular complexity index is 1150. The summed E-state index contributed by atoms with van der Waals surface area (Å²) >= 11 is 0. The maximum atomic E-state index is 14.0. The van der Waals surface area contributed by atoms with Crippen molar-refractivity contribution in [2.45, 2.75) is 128 Å². The standard InChI is InChI=1S/C32H49N7O5/c1-4-9-23(18-26(40)35-22-13-14-22)36-30(42)25-12-8-17-39(25)32(44)27(20(2)3)37-31(43)28(21-10-6-5-7-11-21)38-29(41)24-19-33-15-16-34-24/h15-16,19-23,25,27-28H,4-14,17-18H2,1-3H3,(H,35,40)(H,36,42)(H,37,43)(H,38,41). The minimum atomic E-state index is -0.869. The Morgan fingerprint density at radius 3 is 2.32 bits per heavy atom. The van der Waals surface area contributed by atoms with Crippen molar-refractivity contribution in [2.24, 2.45) is 11.8 Å². The van der Waals surface area contributed by atoms with Gasteiger partial charge in [-0.2, -0.15) is 0 Å². The summed E-state index contributed by atoms with van der Waals surface area (Å²) in [5, 5.41) is 11.8. The van der Waals surface area contributed by atoms with Gasteiger partial charge in [0, 0.05) is 37.4 Å². The number of hydrogen-bond acceptors (Lipinski definition) is 7. The van der Waals surface area contributed by atoms with Crippen LogP contribution in [-0.2, 0) is 19.2 Å². The molecule has 2 heterocycles. The Balaban J connectivity index is 1.43. The first-order valence-corrected chi connectivity index (χ1v) is 16.4. The van der Waals surface area contributed by atoms with Crippen LogP contribution in [0.15, 0.2) is 18.6 Å². The van der Waals surface area contributed by atoms with Crippen molar-refractivity contribution in [3.8, 4) is 0 Å². The minimum absolute atomic E-state index is 0.0629. The summed E-state index contributed by atoms with van der Waals surface area (Å²) in [6, 6.07) is -2.42. The fourth-order valence-corrected chi connectivity index (χ4v) is 6.34. The van der Waals surface area contributed by atoms with E-state index in [2.05, 4.69) is 31.2 Å². The van der Waals surface area contributed by atoms with E-state index in [1.807, 2.05) is 20.8 Å². The Morgan fingerprint density at radius 2 is 1.68 bits per heavy atom. The molecule has 0 spiro atoms. The van der Waals surface area contributed by atoms with E-state index in [-0.39, 0.29) is 53.8 Å². The lowest BCUT2D eigenvalue weighted by Gasteiger charge is -2.34. The van der Waals surface area contributed by atoms with E-state index in [1.54, 1.807) is 4.90 Å². The van der Waals surface area contributed by atoms with Crippen LogP contribution in [0.3, 0.4) is 0 Å². The smallest absolute Gasteiger partial charge is 0.272 e. The number of amides is 5. The van der Waals surface area contributed by atoms with Crippen molar-refractivity contribution in [1.29, 1.82) is 0 Å². The minimum Gasteiger partial charge on any atom is -0.353 e. The van der Waals surface area contributed by atoms with Gasteiger partial charge in [0.25, 0.3) is 5.91 Å². The van der Waals surface area contributed by atoms with Crippen LogP contribution in [-0.4, -0.2) is 81.2 Å². The van der Waals surface area contributed by atoms with Gasteiger partial charge in [0.2, 0.25) is 23.6 Å². The molecule has 2 aliphatic carbocycles. The molecule has 0 aromatic carbocycles. The zero-order valence-electron chi connectivity index (χ0n) is 26.3. The first kappa shape index (κ1) is 33.3. The van der Waals surface area contributed by atoms with E-state index in [9.17, 15) is 24.0 Å². The van der Waals surface area contributed by atoms with Crippen LogP contribution in [0.2, 0.25) is 0 Å². The molecular weight excluding hydrogens is 562 g/mol. The Hall–Kier alpha value is -3.57. The zero-order valence-corrected chi connectivity index (χ0v) is 26.3. The van der Waals surface area contributed by atoms with Crippen molar-refractivity contribution in [1.82, 2.24) is 36.1 Å². The number of aromatic nitrogens is 2. The third kappa shape index (κ3) is 9.22. The van der Waals surface area contributed by atoms with Crippen LogP contribution in [0.1, 0.15) is 108 Å². The molecule has 4 atom stereocenters. The van der Waals surface area contributed by atoms with Crippen molar-refractivity contribution < 1.29 is 24.0 Å². The second-order valence-corrected chi connectivity index (χ2v) is 12.9. The second-order valence-electron chi connectivity index (χ2n) is 12.9. The van der Waals surface area contributed by atoms with Crippen LogP contribution >= 0.6 is 0 Å². The highest BCUT2D eigenvalue weighted by molar-refractivity contribution is 5.98. The van der Waals surface area contributed by atoms with E-state index < -0.39 is 29.9 Å². The monoisotopic (exact) mass is 611 g/mol. The summed E-state index contributed by atoms with van der Waals surface area (Å²) < 4.78 is 0. The van der Waals surface area contributed by atoms with Crippen molar-refractivity contribution in [3.05, 3.63) is 24.3 Å². The molecule has 12 nitrogen and oxygen atoms in total. The third-order valence-electron chi connectivity index (χ3n) is 8.91. The van der Waals surface area contributed by atoms with E-state index in [4.69, 9.17) is 0 Å². The molecule has 3 aliphatic rings. The van der Waals surface area contributed by atoms with Gasteiger partial charge in [-0.3, -0.25) is 29.0 Å². The Labute approximate surface area is 260 Å². The molecule has 1 aromatic heterocycles. The van der Waals surface area contributed by atoms with Gasteiger partial charge in [0.15, 0.2) is 0 Å². The molecule has 3 fully saturated rings. The molecule has 4 unspecified atom stereocenters. The van der Waals surface area contributed by atoms with Gasteiger partial charge in [0.1, 0.15) is 23.8 Å². The summed E-state index contributed by atoms with van der Waals surface area (Å²) in [6.07, 6.45) is 13.7. The van der Waals surface area contributed by atoms with Crippen LogP contribution in [0.5, 0.6) is 0 Å². The third-order valence-corrected chi connectivity index (χ3v) is 8.91. The second kappa shape index (κ2) is 15.9. The topological polar surface area (TPSA) is 162 Å². The first-order valence-electron chi connectivity index (χ1n) is 16.4. The lowest BCUT2D eigenvalue weighted by atomic mass is 9.83. The number of nitrogens with one attached hydrogen (secondary N) is 4. The highest BCUT2D eigenvalue weighted by Crippen LogP contribution is 2.28. The van der Waals surface area contributed by atoms with Gasteiger partial charge in [-0.05, 0) is 56.8 Å². The normalized spacial score (nSPS) is 20.8. The van der Waals surface area contributed by atoms with Crippen molar-refractivity contribution in [2.75, 3.05) is 6.54 Å². The van der Waals surface area contributed by atoms with Crippen LogP contribution in [0.4, 0.5) is 0 Å². The average molecular weight is 612 g/mol. The predicted octanol–water partition coefficient (Wildman–Crippen LogP) is 2.24. The predicted molar refractivity (Wildman–Crippen MR) is 164 cm³/mol. The lowest BCUT2D eigenvalue weighted by molar-refractivity contribution is -0.143. The maximum absolute atomic E-state index is 14.0. The SMILES string of the molecule is CCCC(CC(=O)NC1CC1)NC(=O)C1CCCN1C(=O)C(NC(=O)C(NC(=O)c1cnccn1)C1CCCCC1)C(C)C. The summed E-state index contributed by atoms with van der Waals surface area (Å²) in [4.78, 5) is 76.3. The Kier molecular flexibility index (Phi) is 12.1. The molecule has 1 aliphatic heterocycles. The highest BCUT2D eigenvalue weighted by atomic mass is 16.2. The zero-order chi connectivity index (χ0) is 31.6. The molecule has 12 heteroatoms.